The second kappa shape index (κ2) is 5.27. The number of hydrogen-bond acceptors (Lipinski definition) is 1. The molecule has 0 atom stereocenters. The first-order valence-electron chi connectivity index (χ1n) is 7.28. The van der Waals surface area contributed by atoms with Crippen molar-refractivity contribution in [3.8, 4) is 11.3 Å². The predicted octanol–water partition coefficient (Wildman–Crippen LogP) is 5.68. The van der Waals surface area contributed by atoms with Crippen molar-refractivity contribution in [3.05, 3.63) is 65.9 Å². The summed E-state index contributed by atoms with van der Waals surface area (Å²) in [6.45, 7) is 0. The summed E-state index contributed by atoms with van der Waals surface area (Å²) in [5, 5.41) is 0.383. The Morgan fingerprint density at radius 3 is 2.40 bits per heavy atom. The number of alkyl halides is 3. The molecule has 126 valence electrons. The minimum absolute atomic E-state index is 0.0130. The highest BCUT2D eigenvalue weighted by atomic mass is 19.4. The monoisotopic (exact) mass is 348 g/mol. The number of nitrogens with one attached hydrogen (secondary N) is 1. The van der Waals surface area contributed by atoms with Gasteiger partial charge >= 0.3 is 6.18 Å². The molecule has 2 aromatic carbocycles. The summed E-state index contributed by atoms with van der Waals surface area (Å²) >= 11 is 0. The van der Waals surface area contributed by atoms with Crippen LogP contribution in [0.15, 0.2) is 48.7 Å². The summed E-state index contributed by atoms with van der Waals surface area (Å²) in [6.07, 6.45) is -3.03. The Morgan fingerprint density at radius 2 is 1.64 bits per heavy atom. The molecule has 0 saturated carbocycles. The largest absolute Gasteiger partial charge is 0.417 e. The van der Waals surface area contributed by atoms with Crippen LogP contribution in [0, 0.1) is 11.6 Å². The van der Waals surface area contributed by atoms with Gasteiger partial charge in [-0.25, -0.2) is 13.8 Å². The summed E-state index contributed by atoms with van der Waals surface area (Å²) in [4.78, 5) is 6.90. The molecule has 2 heterocycles. The van der Waals surface area contributed by atoms with Gasteiger partial charge in [0.05, 0.1) is 22.3 Å². The molecule has 0 fully saturated rings. The molecule has 2 aromatic heterocycles. The first kappa shape index (κ1) is 15.6. The van der Waals surface area contributed by atoms with E-state index in [9.17, 15) is 22.0 Å². The average molecular weight is 348 g/mol. The lowest BCUT2D eigenvalue weighted by molar-refractivity contribution is -0.136. The van der Waals surface area contributed by atoms with Gasteiger partial charge < -0.3 is 4.98 Å². The van der Waals surface area contributed by atoms with E-state index in [1.54, 1.807) is 0 Å². The van der Waals surface area contributed by atoms with E-state index in [2.05, 4.69) is 9.97 Å². The molecule has 0 aliphatic rings. The van der Waals surface area contributed by atoms with Crippen LogP contribution in [-0.2, 0) is 6.18 Å². The zero-order valence-corrected chi connectivity index (χ0v) is 12.5. The Labute approximate surface area is 137 Å². The lowest BCUT2D eigenvalue weighted by Gasteiger charge is -2.10. The molecule has 0 bridgehead atoms. The number of nitrogens with zero attached hydrogens (tertiary/aromatic N) is 1. The van der Waals surface area contributed by atoms with Crippen LogP contribution in [0.25, 0.3) is 33.1 Å². The first-order chi connectivity index (χ1) is 11.9. The molecule has 0 amide bonds. The molecule has 25 heavy (non-hydrogen) atoms. The highest BCUT2D eigenvalue weighted by molar-refractivity contribution is 5.96. The average Bonchev–Trinajstić information content (AvgIpc) is 3.01. The summed E-state index contributed by atoms with van der Waals surface area (Å²) in [6, 6.07) is 8.92. The molecule has 1 N–H and O–H groups in total. The summed E-state index contributed by atoms with van der Waals surface area (Å²) < 4.78 is 66.3. The number of aromatic amines is 1. The normalized spacial score (nSPS) is 12.2. The van der Waals surface area contributed by atoms with Gasteiger partial charge in [-0.1, -0.05) is 12.1 Å². The molecule has 0 saturated heterocycles. The molecule has 2 nitrogen and oxygen atoms in total. The van der Waals surface area contributed by atoms with Crippen LogP contribution in [0.1, 0.15) is 5.56 Å². The van der Waals surface area contributed by atoms with Crippen molar-refractivity contribution in [2.24, 2.45) is 0 Å². The van der Waals surface area contributed by atoms with E-state index in [0.29, 0.717) is 16.6 Å². The van der Waals surface area contributed by atoms with Gasteiger partial charge in [-0.15, -0.1) is 0 Å². The number of hydrogen-bond donors (Lipinski definition) is 1. The van der Waals surface area contributed by atoms with Gasteiger partial charge in [0.25, 0.3) is 0 Å². The lowest BCUT2D eigenvalue weighted by atomic mass is 10.0. The predicted molar refractivity (Wildman–Crippen MR) is 84.0 cm³/mol. The standard InChI is InChI=1S/C18H9F5N2/c19-13-6-4-9-11(8-24-17(9)16(13)20)15-7-5-10-12(18(21,22)23)2-1-3-14(10)25-15/h1-8,24H. The van der Waals surface area contributed by atoms with Crippen molar-refractivity contribution < 1.29 is 22.0 Å². The number of rotatable bonds is 1. The van der Waals surface area contributed by atoms with E-state index in [1.807, 2.05) is 0 Å². The second-order valence-corrected chi connectivity index (χ2v) is 5.55. The van der Waals surface area contributed by atoms with E-state index >= 15 is 0 Å². The third-order valence-corrected chi connectivity index (χ3v) is 4.06. The van der Waals surface area contributed by atoms with Crippen molar-refractivity contribution in [2.75, 3.05) is 0 Å². The van der Waals surface area contributed by atoms with Gasteiger partial charge in [0.15, 0.2) is 11.6 Å². The number of fused-ring (bicyclic) bond motifs is 2. The smallest absolute Gasteiger partial charge is 0.358 e. The molecular weight excluding hydrogens is 339 g/mol. The fraction of sp³-hybridized carbons (Fsp3) is 0.0556. The van der Waals surface area contributed by atoms with Crippen LogP contribution in [0.4, 0.5) is 22.0 Å². The Hall–Kier alpha value is -2.96. The molecule has 0 aliphatic heterocycles. The zero-order valence-electron chi connectivity index (χ0n) is 12.5. The summed E-state index contributed by atoms with van der Waals surface area (Å²) in [7, 11) is 0. The molecule has 7 heteroatoms. The minimum Gasteiger partial charge on any atom is -0.358 e. The van der Waals surface area contributed by atoms with Crippen LogP contribution < -0.4 is 0 Å². The van der Waals surface area contributed by atoms with Crippen LogP contribution in [-0.4, -0.2) is 9.97 Å². The number of aromatic nitrogens is 2. The fourth-order valence-electron chi connectivity index (χ4n) is 2.90. The quantitative estimate of drug-likeness (QED) is 0.441. The maximum Gasteiger partial charge on any atom is 0.417 e. The van der Waals surface area contributed by atoms with Gasteiger partial charge in [0.2, 0.25) is 0 Å². The van der Waals surface area contributed by atoms with Crippen LogP contribution in [0.5, 0.6) is 0 Å². The molecule has 0 radical (unpaired) electrons. The highest BCUT2D eigenvalue weighted by Crippen LogP contribution is 2.36. The van der Waals surface area contributed by atoms with Gasteiger partial charge in [-0.05, 0) is 30.3 Å². The lowest BCUT2D eigenvalue weighted by Crippen LogP contribution is -2.05. The SMILES string of the molecule is Fc1ccc2c(-c3ccc4c(C(F)(F)F)cccc4n3)c[nH]c2c1F. The summed E-state index contributed by atoms with van der Waals surface area (Å²) in [5.41, 5.74) is 0.235. The third-order valence-electron chi connectivity index (χ3n) is 4.06. The van der Waals surface area contributed by atoms with Crippen molar-refractivity contribution in [3.63, 3.8) is 0 Å². The Balaban J connectivity index is 1.93. The van der Waals surface area contributed by atoms with E-state index in [0.717, 1.165) is 12.1 Å². The van der Waals surface area contributed by atoms with Crippen LogP contribution in [0.2, 0.25) is 0 Å². The Morgan fingerprint density at radius 1 is 0.880 bits per heavy atom. The molecule has 0 spiro atoms. The minimum atomic E-state index is -4.48. The van der Waals surface area contributed by atoms with E-state index < -0.39 is 23.4 Å². The maximum atomic E-state index is 13.8. The molecular formula is C18H9F5N2. The topological polar surface area (TPSA) is 28.7 Å². The fourth-order valence-corrected chi connectivity index (χ4v) is 2.90. The number of halogens is 5. The Kier molecular flexibility index (Phi) is 3.28. The van der Waals surface area contributed by atoms with Crippen LogP contribution >= 0.6 is 0 Å². The maximum absolute atomic E-state index is 13.8. The molecule has 0 unspecified atom stereocenters. The first-order valence-corrected chi connectivity index (χ1v) is 7.28. The van der Waals surface area contributed by atoms with Crippen molar-refractivity contribution >= 4 is 21.8 Å². The van der Waals surface area contributed by atoms with Gasteiger partial charge in [0, 0.05) is 22.5 Å². The second-order valence-electron chi connectivity index (χ2n) is 5.55. The number of benzene rings is 2. The molecule has 4 aromatic rings. The zero-order chi connectivity index (χ0) is 17.8. The van der Waals surface area contributed by atoms with E-state index in [1.165, 1.54) is 36.5 Å². The van der Waals surface area contributed by atoms with E-state index in [4.69, 9.17) is 0 Å². The molecule has 0 aliphatic carbocycles. The highest BCUT2D eigenvalue weighted by Gasteiger charge is 2.32. The van der Waals surface area contributed by atoms with E-state index in [-0.39, 0.29) is 16.4 Å². The molecule has 4 rings (SSSR count). The number of pyridine rings is 1. The van der Waals surface area contributed by atoms with Crippen molar-refractivity contribution in [1.82, 2.24) is 9.97 Å². The van der Waals surface area contributed by atoms with Crippen molar-refractivity contribution in [2.45, 2.75) is 6.18 Å². The summed E-state index contributed by atoms with van der Waals surface area (Å²) in [5.74, 6) is -1.99. The number of H-pyrrole nitrogens is 1. The van der Waals surface area contributed by atoms with Crippen LogP contribution in [0.3, 0.4) is 0 Å². The third kappa shape index (κ3) is 2.43. The van der Waals surface area contributed by atoms with Gasteiger partial charge in [-0.3, -0.25) is 0 Å². The van der Waals surface area contributed by atoms with Crippen molar-refractivity contribution in [1.29, 1.82) is 0 Å². The Bertz CT molecular complexity index is 1110. The van der Waals surface area contributed by atoms with Gasteiger partial charge in [0.1, 0.15) is 0 Å². The van der Waals surface area contributed by atoms with Gasteiger partial charge in [-0.2, -0.15) is 13.2 Å².